The number of pyridine rings is 1. The fraction of sp³-hybridized carbons (Fsp3) is 0.130. The van der Waals surface area contributed by atoms with E-state index in [1.807, 2.05) is 0 Å². The summed E-state index contributed by atoms with van der Waals surface area (Å²) in [6, 6.07) is 14.5. The van der Waals surface area contributed by atoms with E-state index in [0.29, 0.717) is 33.7 Å². The van der Waals surface area contributed by atoms with Crippen molar-refractivity contribution in [3.05, 3.63) is 78.8 Å². The lowest BCUT2D eigenvalue weighted by atomic mass is 10.1. The van der Waals surface area contributed by atoms with Gasteiger partial charge in [0.1, 0.15) is 17.2 Å². The molecule has 2 aromatic heterocycles. The molecule has 0 amide bonds. The van der Waals surface area contributed by atoms with Crippen LogP contribution in [0.2, 0.25) is 0 Å². The molecule has 2 heterocycles. The molecule has 32 heavy (non-hydrogen) atoms. The first kappa shape index (κ1) is 21.4. The van der Waals surface area contributed by atoms with E-state index in [2.05, 4.69) is 4.98 Å². The molecule has 0 unspecified atom stereocenters. The van der Waals surface area contributed by atoms with Crippen molar-refractivity contribution >= 4 is 26.9 Å². The van der Waals surface area contributed by atoms with Crippen LogP contribution in [0.5, 0.6) is 17.2 Å². The molecule has 0 fully saturated rings. The van der Waals surface area contributed by atoms with Crippen LogP contribution in [-0.2, 0) is 21.2 Å². The third-order valence-electron chi connectivity index (χ3n) is 4.93. The highest BCUT2D eigenvalue weighted by Gasteiger charge is 2.22. The molecule has 0 aliphatic heterocycles. The van der Waals surface area contributed by atoms with Gasteiger partial charge in [-0.05, 0) is 66.6 Å². The summed E-state index contributed by atoms with van der Waals surface area (Å²) >= 11 is 0. The van der Waals surface area contributed by atoms with E-state index in [0.717, 1.165) is 0 Å². The van der Waals surface area contributed by atoms with E-state index in [-0.39, 0.29) is 17.7 Å². The number of nitrogens with zero attached hydrogens (tertiary/aromatic N) is 2. The highest BCUT2D eigenvalue weighted by Crippen LogP contribution is 2.31. The van der Waals surface area contributed by atoms with E-state index >= 15 is 0 Å². The summed E-state index contributed by atoms with van der Waals surface area (Å²) in [5.41, 5.74) is 1.06. The molecule has 0 spiro atoms. The number of ether oxygens (including phenoxy) is 2. The lowest BCUT2D eigenvalue weighted by Gasteiger charge is -2.10. The van der Waals surface area contributed by atoms with E-state index in [9.17, 15) is 13.2 Å². The van der Waals surface area contributed by atoms with E-state index in [4.69, 9.17) is 14.6 Å². The van der Waals surface area contributed by atoms with Crippen molar-refractivity contribution in [2.75, 3.05) is 7.11 Å². The Hall–Kier alpha value is -3.85. The highest BCUT2D eigenvalue weighted by atomic mass is 32.2. The van der Waals surface area contributed by atoms with Crippen molar-refractivity contribution in [2.45, 2.75) is 17.7 Å². The Balaban J connectivity index is 1.71. The monoisotopic (exact) mass is 452 g/mol. The molecule has 0 bridgehead atoms. The van der Waals surface area contributed by atoms with Gasteiger partial charge in [-0.25, -0.2) is 12.4 Å². The van der Waals surface area contributed by atoms with Crippen molar-refractivity contribution in [1.29, 1.82) is 0 Å². The van der Waals surface area contributed by atoms with E-state index < -0.39 is 16.0 Å². The molecule has 8 nitrogen and oxygen atoms in total. The minimum absolute atomic E-state index is 0.0806. The molecular weight excluding hydrogens is 432 g/mol. The van der Waals surface area contributed by atoms with Crippen LogP contribution in [0.15, 0.2) is 78.1 Å². The summed E-state index contributed by atoms with van der Waals surface area (Å²) in [6.07, 6.45) is 4.76. The second-order valence-corrected chi connectivity index (χ2v) is 8.80. The zero-order valence-corrected chi connectivity index (χ0v) is 18.0. The predicted octanol–water partition coefficient (Wildman–Crippen LogP) is 4.09. The molecule has 1 N–H and O–H groups in total. The molecule has 0 radical (unpaired) electrons. The smallest absolute Gasteiger partial charge is 0.303 e. The Morgan fingerprint density at radius 1 is 1.00 bits per heavy atom. The third kappa shape index (κ3) is 4.28. The molecule has 4 rings (SSSR count). The van der Waals surface area contributed by atoms with Gasteiger partial charge in [0.2, 0.25) is 0 Å². The van der Waals surface area contributed by atoms with Crippen LogP contribution in [0.4, 0.5) is 0 Å². The summed E-state index contributed by atoms with van der Waals surface area (Å²) in [5.74, 6) is 0.673. The molecule has 0 aliphatic carbocycles. The standard InChI is InChI=1S/C23H20N2O6S/c1-30-19-5-8-22-21(14-19)16(2-9-23(26)27)15-25(22)32(28,29)20-6-3-17(4-7-20)31-18-10-12-24-13-11-18/h3-8,10-15H,2,9H2,1H3,(H,26,27). The predicted molar refractivity (Wildman–Crippen MR) is 118 cm³/mol. The van der Waals surface area contributed by atoms with Gasteiger partial charge in [-0.2, -0.15) is 0 Å². The van der Waals surface area contributed by atoms with Gasteiger partial charge in [-0.15, -0.1) is 0 Å². The number of aliphatic carboxylic acids is 1. The fourth-order valence-electron chi connectivity index (χ4n) is 3.35. The van der Waals surface area contributed by atoms with Gasteiger partial charge in [0, 0.05) is 30.4 Å². The number of methoxy groups -OCH3 is 1. The Kier molecular flexibility index (Phi) is 5.83. The zero-order chi connectivity index (χ0) is 22.7. The third-order valence-corrected chi connectivity index (χ3v) is 6.62. The lowest BCUT2D eigenvalue weighted by molar-refractivity contribution is -0.136. The maximum absolute atomic E-state index is 13.4. The van der Waals surface area contributed by atoms with Gasteiger partial charge in [-0.1, -0.05) is 0 Å². The number of rotatable bonds is 8. The highest BCUT2D eigenvalue weighted by molar-refractivity contribution is 7.90. The minimum atomic E-state index is -3.93. The first-order chi connectivity index (χ1) is 15.4. The number of carboxylic acid groups (broad SMARTS) is 1. The van der Waals surface area contributed by atoms with Gasteiger partial charge in [0.15, 0.2) is 0 Å². The number of aryl methyl sites for hydroxylation is 1. The quantitative estimate of drug-likeness (QED) is 0.429. The number of carbonyl (C=O) groups is 1. The van der Waals surface area contributed by atoms with Gasteiger partial charge in [0.25, 0.3) is 10.0 Å². The van der Waals surface area contributed by atoms with Crippen molar-refractivity contribution < 1.29 is 27.8 Å². The van der Waals surface area contributed by atoms with Crippen LogP contribution < -0.4 is 9.47 Å². The Bertz CT molecular complexity index is 1360. The van der Waals surface area contributed by atoms with Crippen LogP contribution in [-0.4, -0.2) is 35.6 Å². The molecule has 4 aromatic rings. The normalized spacial score (nSPS) is 11.4. The van der Waals surface area contributed by atoms with E-state index in [1.54, 1.807) is 54.9 Å². The average molecular weight is 452 g/mol. The second-order valence-electron chi connectivity index (χ2n) is 6.99. The number of hydrogen-bond donors (Lipinski definition) is 1. The van der Waals surface area contributed by atoms with E-state index in [1.165, 1.54) is 29.4 Å². The molecule has 2 aromatic carbocycles. The maximum Gasteiger partial charge on any atom is 0.303 e. The summed E-state index contributed by atoms with van der Waals surface area (Å²) in [5, 5.41) is 9.69. The number of carboxylic acids is 1. The molecule has 0 saturated heterocycles. The summed E-state index contributed by atoms with van der Waals surface area (Å²) in [7, 11) is -2.41. The number of fused-ring (bicyclic) bond motifs is 1. The number of aromatic nitrogens is 2. The largest absolute Gasteiger partial charge is 0.497 e. The van der Waals surface area contributed by atoms with Crippen LogP contribution >= 0.6 is 0 Å². The summed E-state index contributed by atoms with van der Waals surface area (Å²) in [4.78, 5) is 15.1. The van der Waals surface area contributed by atoms with Crippen molar-refractivity contribution in [1.82, 2.24) is 8.96 Å². The van der Waals surface area contributed by atoms with Crippen LogP contribution in [0.25, 0.3) is 10.9 Å². The van der Waals surface area contributed by atoms with Gasteiger partial charge in [-0.3, -0.25) is 9.78 Å². The zero-order valence-electron chi connectivity index (χ0n) is 17.1. The van der Waals surface area contributed by atoms with Crippen LogP contribution in [0.1, 0.15) is 12.0 Å². The lowest BCUT2D eigenvalue weighted by Crippen LogP contribution is -2.11. The Morgan fingerprint density at radius 2 is 1.66 bits per heavy atom. The summed E-state index contributed by atoms with van der Waals surface area (Å²) in [6.45, 7) is 0. The van der Waals surface area contributed by atoms with Gasteiger partial charge in [0.05, 0.1) is 17.5 Å². The van der Waals surface area contributed by atoms with Gasteiger partial charge >= 0.3 is 5.97 Å². The SMILES string of the molecule is COc1ccc2c(c1)c(CCC(=O)O)cn2S(=O)(=O)c1ccc(Oc2ccncc2)cc1. The molecule has 0 aliphatic rings. The molecule has 164 valence electrons. The maximum atomic E-state index is 13.4. The van der Waals surface area contributed by atoms with Crippen LogP contribution in [0.3, 0.4) is 0 Å². The Labute approximate surface area is 184 Å². The number of benzene rings is 2. The van der Waals surface area contributed by atoms with Gasteiger partial charge < -0.3 is 14.6 Å². The summed E-state index contributed by atoms with van der Waals surface area (Å²) < 4.78 is 38.9. The fourth-order valence-corrected chi connectivity index (χ4v) is 4.74. The topological polar surface area (TPSA) is 108 Å². The minimum Gasteiger partial charge on any atom is -0.497 e. The first-order valence-electron chi connectivity index (χ1n) is 9.72. The molecule has 0 saturated carbocycles. The molecule has 0 atom stereocenters. The molecule has 9 heteroatoms. The second kappa shape index (κ2) is 8.72. The molecular formula is C23H20N2O6S. The van der Waals surface area contributed by atoms with Crippen molar-refractivity contribution in [2.24, 2.45) is 0 Å². The average Bonchev–Trinajstić information content (AvgIpc) is 3.17. The number of hydrogen-bond acceptors (Lipinski definition) is 6. The first-order valence-corrected chi connectivity index (χ1v) is 11.2. The van der Waals surface area contributed by atoms with Crippen molar-refractivity contribution in [3.63, 3.8) is 0 Å². The van der Waals surface area contributed by atoms with Crippen LogP contribution in [0, 0.1) is 0 Å². The van der Waals surface area contributed by atoms with Crippen molar-refractivity contribution in [3.8, 4) is 17.2 Å². The Morgan fingerprint density at radius 3 is 2.31 bits per heavy atom.